The molecule has 9 aromatic rings. The molecule has 0 atom stereocenters. The van der Waals surface area contributed by atoms with Crippen LogP contribution in [0.2, 0.25) is 0 Å². The van der Waals surface area contributed by atoms with Crippen LogP contribution in [0.25, 0.3) is 65.7 Å². The van der Waals surface area contributed by atoms with E-state index in [0.29, 0.717) is 0 Å². The van der Waals surface area contributed by atoms with Crippen molar-refractivity contribution < 1.29 is 4.42 Å². The molecule has 0 spiro atoms. The van der Waals surface area contributed by atoms with Crippen molar-refractivity contribution in [1.29, 1.82) is 0 Å². The quantitative estimate of drug-likeness (QED) is 0.199. The van der Waals surface area contributed by atoms with Gasteiger partial charge in [-0.05, 0) is 63.9 Å². The van der Waals surface area contributed by atoms with E-state index in [-0.39, 0.29) is 0 Å². The number of rotatable bonds is 5. The minimum Gasteiger partial charge on any atom is -0.455 e. The van der Waals surface area contributed by atoms with Crippen molar-refractivity contribution in [1.82, 2.24) is 0 Å². The van der Waals surface area contributed by atoms with Crippen molar-refractivity contribution >= 4 is 60.5 Å². The van der Waals surface area contributed by atoms with Gasteiger partial charge in [0.15, 0.2) is 0 Å². The van der Waals surface area contributed by atoms with Crippen LogP contribution in [0.15, 0.2) is 180 Å². The van der Waals surface area contributed by atoms with Crippen LogP contribution in [0.5, 0.6) is 0 Å². The number of anilines is 3. The highest BCUT2D eigenvalue weighted by molar-refractivity contribution is 6.18. The van der Waals surface area contributed by atoms with Crippen molar-refractivity contribution in [2.75, 3.05) is 4.90 Å². The standard InChI is InChI=1S/C44H29NO/c1-2-12-30(13-3-1)31-24-26-33(27-25-31)45(41-22-10-15-32-14-4-5-16-34(32)41)42-21-8-6-17-37(42)35-19-11-20-39-36(35)28-29-40-38-18-7-9-23-43(38)46-44(39)40/h1-29H. The fraction of sp³-hybridized carbons (Fsp3) is 0. The van der Waals surface area contributed by atoms with Gasteiger partial charge in [0.25, 0.3) is 0 Å². The van der Waals surface area contributed by atoms with Crippen molar-refractivity contribution in [3.05, 3.63) is 176 Å². The largest absolute Gasteiger partial charge is 0.455 e. The van der Waals surface area contributed by atoms with Gasteiger partial charge in [-0.25, -0.2) is 0 Å². The van der Waals surface area contributed by atoms with E-state index >= 15 is 0 Å². The van der Waals surface area contributed by atoms with E-state index in [2.05, 4.69) is 169 Å². The van der Waals surface area contributed by atoms with E-state index in [1.54, 1.807) is 0 Å². The van der Waals surface area contributed by atoms with Crippen LogP contribution in [0.4, 0.5) is 17.1 Å². The molecule has 2 heteroatoms. The maximum atomic E-state index is 6.46. The fourth-order valence-corrected chi connectivity index (χ4v) is 6.92. The monoisotopic (exact) mass is 587 g/mol. The van der Waals surface area contributed by atoms with Crippen molar-refractivity contribution in [2.45, 2.75) is 0 Å². The Labute approximate surface area is 267 Å². The lowest BCUT2D eigenvalue weighted by molar-refractivity contribution is 0.672. The van der Waals surface area contributed by atoms with Gasteiger partial charge in [0.05, 0.1) is 11.4 Å². The predicted octanol–water partition coefficient (Wildman–Crippen LogP) is 12.7. The average Bonchev–Trinajstić information content (AvgIpc) is 3.52. The number of hydrogen-bond acceptors (Lipinski definition) is 2. The molecule has 0 amide bonds. The van der Waals surface area contributed by atoms with Crippen LogP contribution in [-0.2, 0) is 0 Å². The van der Waals surface area contributed by atoms with Gasteiger partial charge in [0.1, 0.15) is 11.2 Å². The zero-order valence-corrected chi connectivity index (χ0v) is 25.1. The van der Waals surface area contributed by atoms with Gasteiger partial charge in [-0.2, -0.15) is 0 Å². The summed E-state index contributed by atoms with van der Waals surface area (Å²) in [5, 5.41) is 6.98. The van der Waals surface area contributed by atoms with Crippen LogP contribution >= 0.6 is 0 Å². The first-order valence-electron chi connectivity index (χ1n) is 15.7. The summed E-state index contributed by atoms with van der Waals surface area (Å²) in [6.45, 7) is 0. The number of nitrogens with zero attached hydrogens (tertiary/aromatic N) is 1. The molecule has 0 N–H and O–H groups in total. The van der Waals surface area contributed by atoms with Gasteiger partial charge in [-0.15, -0.1) is 0 Å². The highest BCUT2D eigenvalue weighted by Gasteiger charge is 2.21. The Morgan fingerprint density at radius 2 is 0.935 bits per heavy atom. The Morgan fingerprint density at radius 3 is 1.83 bits per heavy atom. The van der Waals surface area contributed by atoms with Crippen LogP contribution < -0.4 is 4.90 Å². The predicted molar refractivity (Wildman–Crippen MR) is 194 cm³/mol. The van der Waals surface area contributed by atoms with Crippen LogP contribution in [-0.4, -0.2) is 0 Å². The molecule has 1 aromatic heterocycles. The minimum absolute atomic E-state index is 0.914. The first-order valence-corrected chi connectivity index (χ1v) is 15.7. The van der Waals surface area contributed by atoms with Crippen LogP contribution in [0, 0.1) is 0 Å². The van der Waals surface area contributed by atoms with Crippen LogP contribution in [0.3, 0.4) is 0 Å². The lowest BCUT2D eigenvalue weighted by atomic mass is 9.94. The van der Waals surface area contributed by atoms with Gasteiger partial charge in [-0.1, -0.05) is 140 Å². The van der Waals surface area contributed by atoms with Gasteiger partial charge in [0.2, 0.25) is 0 Å². The van der Waals surface area contributed by atoms with Crippen molar-refractivity contribution in [3.8, 4) is 22.3 Å². The topological polar surface area (TPSA) is 16.4 Å². The van der Waals surface area contributed by atoms with Gasteiger partial charge in [0, 0.05) is 32.8 Å². The van der Waals surface area contributed by atoms with Gasteiger partial charge in [-0.3, -0.25) is 0 Å². The van der Waals surface area contributed by atoms with E-state index in [9.17, 15) is 0 Å². The second kappa shape index (κ2) is 10.8. The van der Waals surface area contributed by atoms with Crippen molar-refractivity contribution in [3.63, 3.8) is 0 Å². The Morgan fingerprint density at radius 1 is 0.348 bits per heavy atom. The molecule has 0 saturated carbocycles. The first kappa shape index (κ1) is 26.3. The van der Waals surface area contributed by atoms with E-state index in [4.69, 9.17) is 4.42 Å². The molecular formula is C44H29NO. The third-order valence-electron chi connectivity index (χ3n) is 9.08. The molecule has 0 unspecified atom stereocenters. The Balaban J connectivity index is 1.28. The molecule has 0 bridgehead atoms. The minimum atomic E-state index is 0.914. The summed E-state index contributed by atoms with van der Waals surface area (Å²) in [6, 6.07) is 62.7. The lowest BCUT2D eigenvalue weighted by Crippen LogP contribution is -2.11. The number of para-hydroxylation sites is 2. The highest BCUT2D eigenvalue weighted by atomic mass is 16.3. The maximum Gasteiger partial charge on any atom is 0.143 e. The second-order valence-electron chi connectivity index (χ2n) is 11.7. The molecule has 1 heterocycles. The number of benzene rings is 8. The molecule has 46 heavy (non-hydrogen) atoms. The van der Waals surface area contributed by atoms with E-state index in [1.165, 1.54) is 32.8 Å². The van der Waals surface area contributed by atoms with E-state index < -0.39 is 0 Å². The summed E-state index contributed by atoms with van der Waals surface area (Å²) in [7, 11) is 0. The molecule has 0 aliphatic heterocycles. The normalized spacial score (nSPS) is 11.5. The summed E-state index contributed by atoms with van der Waals surface area (Å²) < 4.78 is 6.46. The Bertz CT molecular complexity index is 2520. The molecule has 0 radical (unpaired) electrons. The highest BCUT2D eigenvalue weighted by Crippen LogP contribution is 2.46. The number of furan rings is 1. The first-order chi connectivity index (χ1) is 22.8. The van der Waals surface area contributed by atoms with Crippen LogP contribution in [0.1, 0.15) is 0 Å². The van der Waals surface area contributed by atoms with Gasteiger partial charge >= 0.3 is 0 Å². The zero-order chi connectivity index (χ0) is 30.5. The summed E-state index contributed by atoms with van der Waals surface area (Å²) in [6.07, 6.45) is 0. The molecule has 0 aliphatic carbocycles. The van der Waals surface area contributed by atoms with Crippen molar-refractivity contribution in [2.24, 2.45) is 0 Å². The SMILES string of the molecule is c1ccc(-c2ccc(N(c3ccccc3-c3cccc4c3ccc3c5ccccc5oc43)c3cccc4ccccc34)cc2)cc1. The fourth-order valence-electron chi connectivity index (χ4n) is 6.92. The van der Waals surface area contributed by atoms with Gasteiger partial charge < -0.3 is 9.32 Å². The molecule has 9 rings (SSSR count). The Hall–Kier alpha value is -6.12. The Kier molecular flexibility index (Phi) is 6.17. The number of fused-ring (bicyclic) bond motifs is 6. The summed E-state index contributed by atoms with van der Waals surface area (Å²) in [4.78, 5) is 2.41. The number of hydrogen-bond donors (Lipinski definition) is 0. The zero-order valence-electron chi connectivity index (χ0n) is 25.1. The molecule has 2 nitrogen and oxygen atoms in total. The summed E-state index contributed by atoms with van der Waals surface area (Å²) >= 11 is 0. The summed E-state index contributed by atoms with van der Waals surface area (Å²) in [5.74, 6) is 0. The molecular weight excluding hydrogens is 558 g/mol. The summed E-state index contributed by atoms with van der Waals surface area (Å²) in [5.41, 5.74) is 9.92. The molecule has 0 saturated heterocycles. The third-order valence-corrected chi connectivity index (χ3v) is 9.08. The second-order valence-corrected chi connectivity index (χ2v) is 11.7. The average molecular weight is 588 g/mol. The molecule has 0 fully saturated rings. The lowest BCUT2D eigenvalue weighted by Gasteiger charge is -2.29. The molecule has 216 valence electrons. The third kappa shape index (κ3) is 4.27. The smallest absolute Gasteiger partial charge is 0.143 e. The molecule has 8 aromatic carbocycles. The van der Waals surface area contributed by atoms with E-state index in [0.717, 1.165) is 50.0 Å². The van der Waals surface area contributed by atoms with E-state index in [1.807, 2.05) is 12.1 Å². The molecule has 0 aliphatic rings. The maximum absolute atomic E-state index is 6.46.